The Kier molecular flexibility index (Phi) is 5.44. The number of nitrogens with zero attached hydrogens (tertiary/aromatic N) is 2. The molecule has 1 aromatic rings. The van der Waals surface area contributed by atoms with Crippen molar-refractivity contribution in [2.45, 2.75) is 63.6 Å². The number of aromatic nitrogens is 1. The molecule has 2 aliphatic rings. The van der Waals surface area contributed by atoms with Gasteiger partial charge in [-0.25, -0.2) is 0 Å². The van der Waals surface area contributed by atoms with Crippen molar-refractivity contribution in [3.05, 3.63) is 24.0 Å². The van der Waals surface area contributed by atoms with Crippen molar-refractivity contribution in [2.75, 3.05) is 6.54 Å². The molecule has 2 heterocycles. The highest BCUT2D eigenvalue weighted by Gasteiger charge is 2.45. The van der Waals surface area contributed by atoms with Gasteiger partial charge in [0.25, 0.3) is 0 Å². The molecule has 3 rings (SSSR count). The quantitative estimate of drug-likeness (QED) is 0.744. The number of carbonyl (C=O) groups excluding carboxylic acids is 1. The van der Waals surface area contributed by atoms with Crippen molar-refractivity contribution in [2.24, 2.45) is 18.9 Å². The van der Waals surface area contributed by atoms with E-state index < -0.39 is 18.0 Å². The van der Waals surface area contributed by atoms with Crippen LogP contribution in [0.5, 0.6) is 0 Å². The van der Waals surface area contributed by atoms with Gasteiger partial charge in [-0.15, -0.1) is 0 Å². The summed E-state index contributed by atoms with van der Waals surface area (Å²) < 4.78 is 41.4. The molecule has 0 radical (unpaired) electrons. The molecule has 140 valence electrons. The molecular weight excluding hydrogens is 329 g/mol. The summed E-state index contributed by atoms with van der Waals surface area (Å²) in [5.41, 5.74) is 1.08. The maximum absolute atomic E-state index is 13.1. The van der Waals surface area contributed by atoms with Crippen LogP contribution in [0.25, 0.3) is 0 Å². The van der Waals surface area contributed by atoms with Gasteiger partial charge in [-0.05, 0) is 44.2 Å². The fraction of sp³-hybridized carbons (Fsp3) is 0.737. The zero-order chi connectivity index (χ0) is 18.0. The third kappa shape index (κ3) is 4.04. The largest absolute Gasteiger partial charge is 0.391 e. The van der Waals surface area contributed by atoms with Crippen molar-refractivity contribution in [3.8, 4) is 0 Å². The number of hydrogen-bond donors (Lipinski definition) is 0. The summed E-state index contributed by atoms with van der Waals surface area (Å²) in [6.45, 7) is 0.655. The van der Waals surface area contributed by atoms with Gasteiger partial charge in [0.05, 0.1) is 12.0 Å². The van der Waals surface area contributed by atoms with Crippen LogP contribution in [0.1, 0.15) is 63.1 Å². The van der Waals surface area contributed by atoms with E-state index in [1.807, 2.05) is 34.8 Å². The number of carbonyl (C=O) groups is 1. The third-order valence-electron chi connectivity index (χ3n) is 5.85. The van der Waals surface area contributed by atoms with Gasteiger partial charge < -0.3 is 9.47 Å². The van der Waals surface area contributed by atoms with Crippen LogP contribution >= 0.6 is 0 Å². The van der Waals surface area contributed by atoms with Crippen molar-refractivity contribution in [1.29, 1.82) is 0 Å². The molecule has 0 spiro atoms. The molecular formula is C19H27F3N2O. The van der Waals surface area contributed by atoms with Crippen LogP contribution in [0.4, 0.5) is 13.2 Å². The number of aryl methyl sites for hydroxylation is 1. The third-order valence-corrected chi connectivity index (χ3v) is 5.85. The van der Waals surface area contributed by atoms with E-state index in [0.717, 1.165) is 31.4 Å². The summed E-state index contributed by atoms with van der Waals surface area (Å²) in [4.78, 5) is 15.0. The van der Waals surface area contributed by atoms with E-state index in [1.165, 1.54) is 0 Å². The zero-order valence-corrected chi connectivity index (χ0v) is 14.8. The highest BCUT2D eigenvalue weighted by molar-refractivity contribution is 5.79. The van der Waals surface area contributed by atoms with Crippen LogP contribution in [0, 0.1) is 11.8 Å². The SMILES string of the molecule is Cn1cccc1C1CCCCCN1C(=O)C1CCCC(C(F)(F)F)C1. The second-order valence-corrected chi connectivity index (χ2v) is 7.54. The Balaban J connectivity index is 1.79. The fourth-order valence-electron chi connectivity index (χ4n) is 4.45. The topological polar surface area (TPSA) is 25.2 Å². The summed E-state index contributed by atoms with van der Waals surface area (Å²) in [5.74, 6) is -1.88. The van der Waals surface area contributed by atoms with Gasteiger partial charge in [-0.1, -0.05) is 19.3 Å². The first-order valence-electron chi connectivity index (χ1n) is 9.36. The minimum Gasteiger partial charge on any atom is -0.353 e. The molecule has 1 saturated heterocycles. The van der Waals surface area contributed by atoms with Gasteiger partial charge in [0, 0.05) is 31.4 Å². The van der Waals surface area contributed by atoms with Crippen LogP contribution in [0.15, 0.2) is 18.3 Å². The van der Waals surface area contributed by atoms with E-state index in [-0.39, 0.29) is 24.8 Å². The van der Waals surface area contributed by atoms with Crippen LogP contribution in [-0.4, -0.2) is 28.1 Å². The highest BCUT2D eigenvalue weighted by Crippen LogP contribution is 2.41. The maximum Gasteiger partial charge on any atom is 0.391 e. The smallest absolute Gasteiger partial charge is 0.353 e. The Labute approximate surface area is 147 Å². The minimum atomic E-state index is -4.19. The van der Waals surface area contributed by atoms with E-state index in [9.17, 15) is 18.0 Å². The van der Waals surface area contributed by atoms with Gasteiger partial charge in [0.2, 0.25) is 5.91 Å². The number of alkyl halides is 3. The van der Waals surface area contributed by atoms with E-state index >= 15 is 0 Å². The number of amides is 1. The lowest BCUT2D eigenvalue weighted by Gasteiger charge is -2.36. The average Bonchev–Trinajstić information content (AvgIpc) is 2.86. The second kappa shape index (κ2) is 7.42. The molecule has 1 aliphatic heterocycles. The molecule has 1 aliphatic carbocycles. The molecule has 3 nitrogen and oxygen atoms in total. The molecule has 3 atom stereocenters. The summed E-state index contributed by atoms with van der Waals surface area (Å²) in [6.07, 6.45) is 2.91. The van der Waals surface area contributed by atoms with Crippen LogP contribution in [0.3, 0.4) is 0 Å². The van der Waals surface area contributed by atoms with Gasteiger partial charge >= 0.3 is 6.18 Å². The normalized spacial score (nSPS) is 28.6. The molecule has 2 fully saturated rings. The van der Waals surface area contributed by atoms with E-state index in [0.29, 0.717) is 19.4 Å². The van der Waals surface area contributed by atoms with E-state index in [1.54, 1.807) is 0 Å². The van der Waals surface area contributed by atoms with Crippen LogP contribution in [-0.2, 0) is 11.8 Å². The predicted molar refractivity (Wildman–Crippen MR) is 89.8 cm³/mol. The molecule has 0 bridgehead atoms. The summed E-state index contributed by atoms with van der Waals surface area (Å²) in [5, 5.41) is 0. The standard InChI is InChI=1S/C19H27F3N2O/c1-23-11-6-10-16(23)17-9-3-2-4-12-24(17)18(25)14-7-5-8-15(13-14)19(20,21)22/h6,10-11,14-15,17H,2-5,7-9,12-13H2,1H3. The van der Waals surface area contributed by atoms with Crippen molar-refractivity contribution < 1.29 is 18.0 Å². The Bertz CT molecular complexity index is 596. The van der Waals surface area contributed by atoms with Gasteiger partial charge in [0.1, 0.15) is 0 Å². The lowest BCUT2D eigenvalue weighted by molar-refractivity contribution is -0.187. The summed E-state index contributed by atoms with van der Waals surface area (Å²) >= 11 is 0. The molecule has 0 aromatic carbocycles. The van der Waals surface area contributed by atoms with E-state index in [4.69, 9.17) is 0 Å². The number of hydrogen-bond acceptors (Lipinski definition) is 1. The first-order chi connectivity index (χ1) is 11.9. The molecule has 1 aromatic heterocycles. The zero-order valence-electron chi connectivity index (χ0n) is 14.8. The molecule has 6 heteroatoms. The number of likely N-dealkylation sites (tertiary alicyclic amines) is 1. The monoisotopic (exact) mass is 356 g/mol. The fourth-order valence-corrected chi connectivity index (χ4v) is 4.45. The van der Waals surface area contributed by atoms with Crippen LogP contribution in [0.2, 0.25) is 0 Å². The summed E-state index contributed by atoms with van der Waals surface area (Å²) in [7, 11) is 1.96. The van der Waals surface area contributed by atoms with Crippen molar-refractivity contribution >= 4 is 5.91 Å². The molecule has 25 heavy (non-hydrogen) atoms. The molecule has 1 saturated carbocycles. The first-order valence-corrected chi connectivity index (χ1v) is 9.36. The minimum absolute atomic E-state index is 0.0127. The number of halogens is 3. The summed E-state index contributed by atoms with van der Waals surface area (Å²) in [6, 6.07) is 3.97. The highest BCUT2D eigenvalue weighted by atomic mass is 19.4. The maximum atomic E-state index is 13.1. The van der Waals surface area contributed by atoms with Gasteiger partial charge in [-0.3, -0.25) is 4.79 Å². The molecule has 0 N–H and O–H groups in total. The molecule has 3 unspecified atom stereocenters. The number of rotatable bonds is 2. The van der Waals surface area contributed by atoms with E-state index in [2.05, 4.69) is 0 Å². The predicted octanol–water partition coefficient (Wildman–Crippen LogP) is 4.84. The Hall–Kier alpha value is -1.46. The van der Waals surface area contributed by atoms with Crippen LogP contribution < -0.4 is 0 Å². The van der Waals surface area contributed by atoms with Gasteiger partial charge in [-0.2, -0.15) is 13.2 Å². The van der Waals surface area contributed by atoms with Crippen molar-refractivity contribution in [1.82, 2.24) is 9.47 Å². The Morgan fingerprint density at radius 2 is 1.92 bits per heavy atom. The lowest BCUT2D eigenvalue weighted by Crippen LogP contribution is -2.42. The average molecular weight is 356 g/mol. The van der Waals surface area contributed by atoms with Crippen molar-refractivity contribution in [3.63, 3.8) is 0 Å². The lowest BCUT2D eigenvalue weighted by atomic mass is 9.80. The van der Waals surface area contributed by atoms with Gasteiger partial charge in [0.15, 0.2) is 0 Å². The first kappa shape index (κ1) is 18.3. The second-order valence-electron chi connectivity index (χ2n) is 7.54. The Morgan fingerprint density at radius 1 is 1.12 bits per heavy atom. The Morgan fingerprint density at radius 3 is 2.60 bits per heavy atom. The molecule has 1 amide bonds.